The highest BCUT2D eigenvalue weighted by Gasteiger charge is 2.44. The van der Waals surface area contributed by atoms with Gasteiger partial charge >= 0.3 is 6.09 Å². The minimum absolute atomic E-state index is 0.0750. The molecule has 2 heterocycles. The highest BCUT2D eigenvalue weighted by atomic mass is 79.9. The van der Waals surface area contributed by atoms with Crippen molar-refractivity contribution < 1.29 is 59.2 Å². The Balaban J connectivity index is 0.000000278. The molecule has 5 rings (SSSR count). The number of hydrogen-bond acceptors (Lipinski definition) is 14. The number of thiol groups is 2. The fourth-order valence-corrected chi connectivity index (χ4v) is 6.25. The van der Waals surface area contributed by atoms with Crippen molar-refractivity contribution in [2.24, 2.45) is 11.8 Å². The summed E-state index contributed by atoms with van der Waals surface area (Å²) in [6.07, 6.45) is -9.28. The van der Waals surface area contributed by atoms with Gasteiger partial charge in [0.15, 0.2) is 12.5 Å². The molecule has 3 amide bonds. The van der Waals surface area contributed by atoms with Crippen LogP contribution in [0.1, 0.15) is 30.9 Å². The van der Waals surface area contributed by atoms with Crippen LogP contribution in [0.4, 0.5) is 4.79 Å². The van der Waals surface area contributed by atoms with E-state index in [1.807, 2.05) is 36.4 Å². The van der Waals surface area contributed by atoms with E-state index in [1.54, 1.807) is 13.8 Å². The second kappa shape index (κ2) is 21.4. The summed E-state index contributed by atoms with van der Waals surface area (Å²) in [4.78, 5) is 34.9. The lowest BCUT2D eigenvalue weighted by Crippen LogP contribution is -2.61. The zero-order chi connectivity index (χ0) is 38.5. The first kappa shape index (κ1) is 43.9. The number of benzene rings is 2. The van der Waals surface area contributed by atoms with Crippen molar-refractivity contribution in [2.45, 2.75) is 68.8 Å². The van der Waals surface area contributed by atoms with E-state index in [1.165, 1.54) is 0 Å². The number of aliphatic hydroxyl groups is 6. The predicted molar refractivity (Wildman–Crippen MR) is 200 cm³/mol. The number of alkyl carbamates (subject to hydrolysis) is 1. The summed E-state index contributed by atoms with van der Waals surface area (Å²) >= 11 is 10.2. The third-order valence-corrected chi connectivity index (χ3v) is 9.56. The van der Waals surface area contributed by atoms with Crippen LogP contribution in [-0.4, -0.2) is 134 Å². The van der Waals surface area contributed by atoms with Crippen molar-refractivity contribution in [3.05, 3.63) is 59.7 Å². The molecule has 290 valence electrons. The summed E-state index contributed by atoms with van der Waals surface area (Å²) in [5.41, 5.74) is 4.46. The molecule has 1 aliphatic carbocycles. The van der Waals surface area contributed by atoms with Crippen LogP contribution in [0.2, 0.25) is 0 Å². The van der Waals surface area contributed by atoms with Gasteiger partial charge in [-0.1, -0.05) is 78.3 Å². The van der Waals surface area contributed by atoms with Crippen LogP contribution in [-0.2, 0) is 23.8 Å². The number of ether oxygens (including phenoxy) is 3. The van der Waals surface area contributed by atoms with Crippen LogP contribution in [0.15, 0.2) is 48.5 Å². The second-order valence-corrected chi connectivity index (χ2v) is 14.0. The maximum Gasteiger partial charge on any atom is 0.409 e. The zero-order valence-electron chi connectivity index (χ0n) is 28.6. The van der Waals surface area contributed by atoms with Crippen LogP contribution in [0.5, 0.6) is 0 Å². The lowest BCUT2D eigenvalue weighted by molar-refractivity contribution is -0.213. The average Bonchev–Trinajstić information content (AvgIpc) is 3.47. The SMILES string of the molecule is C[C@@H]1C(CO)O[C@H](NC(=O)CNC(=O)CBr)C(O)[C@H]1O.C[C@@H]1C(CO)O[C@H](NC(=O)OCC2c3ccccc3-c3ccccc32)C(O)[C@H]1O.SCS. The van der Waals surface area contributed by atoms with E-state index in [0.717, 1.165) is 22.3 Å². The molecule has 2 aromatic carbocycles. The van der Waals surface area contributed by atoms with Crippen molar-refractivity contribution in [3.8, 4) is 11.1 Å². The highest BCUT2D eigenvalue weighted by Crippen LogP contribution is 2.44. The number of rotatable bonds is 9. The normalized spacial score (nSPS) is 29.1. The van der Waals surface area contributed by atoms with Crippen molar-refractivity contribution in [1.29, 1.82) is 0 Å². The number of carbonyl (C=O) groups is 3. The Kier molecular flexibility index (Phi) is 18.1. The van der Waals surface area contributed by atoms with Crippen LogP contribution >= 0.6 is 41.2 Å². The van der Waals surface area contributed by atoms with E-state index in [4.69, 9.17) is 19.3 Å². The molecule has 2 aromatic rings. The summed E-state index contributed by atoms with van der Waals surface area (Å²) in [5.74, 6) is -1.93. The van der Waals surface area contributed by atoms with Gasteiger partial charge in [-0.3, -0.25) is 14.9 Å². The highest BCUT2D eigenvalue weighted by molar-refractivity contribution is 9.09. The molecule has 3 aliphatic rings. The summed E-state index contributed by atoms with van der Waals surface area (Å²) in [6.45, 7) is 2.49. The molecule has 15 nitrogen and oxygen atoms in total. The Bertz CT molecular complexity index is 1410. The first-order chi connectivity index (χ1) is 24.8. The van der Waals surface area contributed by atoms with Crippen molar-refractivity contribution >= 4 is 59.1 Å². The minimum Gasteiger partial charge on any atom is -0.448 e. The second-order valence-electron chi connectivity index (χ2n) is 12.3. The van der Waals surface area contributed by atoms with Crippen molar-refractivity contribution in [2.75, 3.05) is 36.8 Å². The molecule has 0 radical (unpaired) electrons. The van der Waals surface area contributed by atoms with Gasteiger partial charge < -0.3 is 55.5 Å². The quantitative estimate of drug-likeness (QED) is 0.0917. The van der Waals surface area contributed by atoms with Crippen LogP contribution in [0.3, 0.4) is 0 Å². The first-order valence-corrected chi connectivity index (χ1v) is 18.9. The van der Waals surface area contributed by atoms with Crippen LogP contribution in [0, 0.1) is 11.8 Å². The van der Waals surface area contributed by atoms with Crippen LogP contribution in [0.25, 0.3) is 11.1 Å². The van der Waals surface area contributed by atoms with Gasteiger partial charge in [0.25, 0.3) is 0 Å². The lowest BCUT2D eigenvalue weighted by Gasteiger charge is -2.41. The summed E-state index contributed by atoms with van der Waals surface area (Å²) < 4.78 is 16.3. The topological polar surface area (TPSA) is 236 Å². The smallest absolute Gasteiger partial charge is 0.409 e. The average molecular weight is 835 g/mol. The third-order valence-electron chi connectivity index (χ3n) is 9.05. The van der Waals surface area contributed by atoms with Crippen molar-refractivity contribution in [3.63, 3.8) is 0 Å². The molecule has 52 heavy (non-hydrogen) atoms. The molecular weight excluding hydrogens is 786 g/mol. The molecule has 4 unspecified atom stereocenters. The maximum absolute atomic E-state index is 12.4. The molecular formula is C34H48BrN3O12S2. The Labute approximate surface area is 321 Å². The Morgan fingerprint density at radius 2 is 1.19 bits per heavy atom. The summed E-state index contributed by atoms with van der Waals surface area (Å²) in [6, 6.07) is 16.0. The van der Waals surface area contributed by atoms with Gasteiger partial charge in [-0.05, 0) is 22.3 Å². The largest absolute Gasteiger partial charge is 0.448 e. The number of carbonyl (C=O) groups excluding carboxylic acids is 3. The number of fused-ring (bicyclic) bond motifs is 3. The number of aliphatic hydroxyl groups excluding tert-OH is 6. The number of nitrogens with one attached hydrogen (secondary N) is 3. The van der Waals surface area contributed by atoms with Gasteiger partial charge in [0.2, 0.25) is 11.8 Å². The monoisotopic (exact) mass is 833 g/mol. The molecule has 0 aromatic heterocycles. The third kappa shape index (κ3) is 11.3. The fraction of sp³-hybridized carbons (Fsp3) is 0.559. The first-order valence-electron chi connectivity index (χ1n) is 16.5. The van der Waals surface area contributed by atoms with Gasteiger partial charge in [-0.15, -0.1) is 0 Å². The molecule has 0 spiro atoms. The molecule has 0 bridgehead atoms. The Morgan fingerprint density at radius 3 is 1.63 bits per heavy atom. The van der Waals surface area contributed by atoms with E-state index in [2.05, 4.69) is 69.3 Å². The zero-order valence-corrected chi connectivity index (χ0v) is 32.0. The molecule has 0 saturated carbocycles. The molecule has 2 fully saturated rings. The number of amides is 3. The molecule has 2 aliphatic heterocycles. The van der Waals surface area contributed by atoms with E-state index in [-0.39, 0.29) is 43.5 Å². The lowest BCUT2D eigenvalue weighted by atomic mass is 9.90. The van der Waals surface area contributed by atoms with Gasteiger partial charge in [-0.25, -0.2) is 4.79 Å². The van der Waals surface area contributed by atoms with Gasteiger partial charge in [-0.2, -0.15) is 25.3 Å². The fourth-order valence-electron chi connectivity index (χ4n) is 6.05. The van der Waals surface area contributed by atoms with E-state index in [9.17, 15) is 39.9 Å². The number of alkyl halides is 1. The van der Waals surface area contributed by atoms with Crippen LogP contribution < -0.4 is 16.0 Å². The minimum atomic E-state index is -1.31. The molecule has 2 saturated heterocycles. The standard InChI is InChI=1S/C22H25NO6.C11H19BrN2O6.CH4S2/c1-12-18(10-24)29-21(20(26)19(12)25)23-22(27)28-11-17-15-8-4-2-6-13(15)14-7-3-5-9-16(14)17;1-5-6(4-15)20-11(10(19)9(5)18)14-8(17)3-13-7(16)2-12;2-1-3/h2-9,12,17-21,24-26H,10-11H2,1H3,(H,23,27);5-6,9-11,15,18-19H,2-4H2,1H3,(H,13,16)(H,14,17);2-3H,1H2/t12-,18?,19+,20?,21+;5-,6?,9+,10?,11+;/m11./s1. The van der Waals surface area contributed by atoms with Crippen molar-refractivity contribution in [1.82, 2.24) is 16.0 Å². The van der Waals surface area contributed by atoms with Gasteiger partial charge in [0.05, 0.1) is 49.5 Å². The van der Waals surface area contributed by atoms with Gasteiger partial charge in [0.1, 0.15) is 18.8 Å². The van der Waals surface area contributed by atoms with E-state index < -0.39 is 72.9 Å². The maximum atomic E-state index is 12.4. The summed E-state index contributed by atoms with van der Waals surface area (Å²) in [5, 5.41) is 66.3. The number of halogens is 1. The number of hydrogen-bond donors (Lipinski definition) is 11. The Morgan fingerprint density at radius 1 is 0.750 bits per heavy atom. The Hall–Kier alpha value is -2.49. The summed E-state index contributed by atoms with van der Waals surface area (Å²) in [7, 11) is 0. The van der Waals surface area contributed by atoms with Gasteiger partial charge in [0, 0.05) is 22.8 Å². The van der Waals surface area contributed by atoms with E-state index >= 15 is 0 Å². The molecule has 10 atom stereocenters. The molecule has 9 N–H and O–H groups in total. The van der Waals surface area contributed by atoms with E-state index in [0.29, 0.717) is 5.08 Å². The molecule has 18 heteroatoms. The predicted octanol–water partition coefficient (Wildman–Crippen LogP) is 0.0925.